The van der Waals surface area contributed by atoms with Gasteiger partial charge < -0.3 is 4.74 Å². The van der Waals surface area contributed by atoms with Gasteiger partial charge in [0.05, 0.1) is 18.5 Å². The molecule has 0 atom stereocenters. The Labute approximate surface area is 140 Å². The van der Waals surface area contributed by atoms with Crippen molar-refractivity contribution in [3.05, 3.63) is 53.0 Å². The van der Waals surface area contributed by atoms with Gasteiger partial charge in [-0.1, -0.05) is 12.1 Å². The zero-order chi connectivity index (χ0) is 16.5. The van der Waals surface area contributed by atoms with Crippen LogP contribution in [0.5, 0.6) is 5.75 Å². The lowest BCUT2D eigenvalue weighted by atomic mass is 10.0. The standard InChI is InChI=1S/C18H21N5O/c1-12-8-14(20-19-12)10-23-7-6-17-16(11-23)18(22-21-17)13-4-3-5-15(9-13)24-2/h3-5,8-9H,6-7,10-11H2,1-2H3,(H,19,20)(H,21,22). The highest BCUT2D eigenvalue weighted by Gasteiger charge is 2.23. The lowest BCUT2D eigenvalue weighted by molar-refractivity contribution is 0.242. The summed E-state index contributed by atoms with van der Waals surface area (Å²) >= 11 is 0. The molecule has 2 N–H and O–H groups in total. The second-order valence-corrected chi connectivity index (χ2v) is 6.26. The Morgan fingerprint density at radius 1 is 1.21 bits per heavy atom. The average molecular weight is 323 g/mol. The van der Waals surface area contributed by atoms with Gasteiger partial charge in [-0.2, -0.15) is 10.2 Å². The van der Waals surface area contributed by atoms with Crippen molar-refractivity contribution in [1.29, 1.82) is 0 Å². The van der Waals surface area contributed by atoms with Crippen LogP contribution in [0.1, 0.15) is 22.6 Å². The lowest BCUT2D eigenvalue weighted by Crippen LogP contribution is -2.30. The molecule has 6 nitrogen and oxygen atoms in total. The number of nitrogens with one attached hydrogen (secondary N) is 2. The van der Waals surface area contributed by atoms with Crippen molar-refractivity contribution in [2.45, 2.75) is 26.4 Å². The Morgan fingerprint density at radius 3 is 2.92 bits per heavy atom. The molecule has 0 amide bonds. The van der Waals surface area contributed by atoms with Gasteiger partial charge in [-0.15, -0.1) is 0 Å². The van der Waals surface area contributed by atoms with Crippen LogP contribution in [0, 0.1) is 6.92 Å². The molecular weight excluding hydrogens is 302 g/mol. The molecule has 3 heterocycles. The molecule has 4 rings (SSSR count). The average Bonchev–Trinajstić information content (AvgIpc) is 3.21. The third kappa shape index (κ3) is 2.80. The van der Waals surface area contributed by atoms with E-state index < -0.39 is 0 Å². The highest BCUT2D eigenvalue weighted by molar-refractivity contribution is 5.65. The van der Waals surface area contributed by atoms with E-state index in [-0.39, 0.29) is 0 Å². The monoisotopic (exact) mass is 323 g/mol. The lowest BCUT2D eigenvalue weighted by Gasteiger charge is -2.26. The molecule has 6 heteroatoms. The van der Waals surface area contributed by atoms with E-state index in [4.69, 9.17) is 4.74 Å². The van der Waals surface area contributed by atoms with Crippen molar-refractivity contribution in [1.82, 2.24) is 25.3 Å². The zero-order valence-corrected chi connectivity index (χ0v) is 14.0. The first-order chi connectivity index (χ1) is 11.7. The Kier molecular flexibility index (Phi) is 3.82. The molecule has 1 aromatic carbocycles. The molecule has 2 aromatic heterocycles. The van der Waals surface area contributed by atoms with Gasteiger partial charge in [-0.05, 0) is 25.1 Å². The molecule has 0 unspecified atom stereocenters. The van der Waals surface area contributed by atoms with Crippen LogP contribution in [0.3, 0.4) is 0 Å². The van der Waals surface area contributed by atoms with Crippen molar-refractivity contribution in [3.63, 3.8) is 0 Å². The van der Waals surface area contributed by atoms with Gasteiger partial charge in [0, 0.05) is 48.6 Å². The highest BCUT2D eigenvalue weighted by Crippen LogP contribution is 2.30. The van der Waals surface area contributed by atoms with Crippen LogP contribution in [0.2, 0.25) is 0 Å². The number of rotatable bonds is 4. The number of hydrogen-bond donors (Lipinski definition) is 2. The Hall–Kier alpha value is -2.60. The molecule has 0 spiro atoms. The molecule has 0 saturated carbocycles. The molecule has 24 heavy (non-hydrogen) atoms. The largest absolute Gasteiger partial charge is 0.497 e. The van der Waals surface area contributed by atoms with E-state index >= 15 is 0 Å². The third-order valence-corrected chi connectivity index (χ3v) is 4.50. The Morgan fingerprint density at radius 2 is 2.12 bits per heavy atom. The molecule has 0 radical (unpaired) electrons. The van der Waals surface area contributed by atoms with Crippen LogP contribution in [0.4, 0.5) is 0 Å². The van der Waals surface area contributed by atoms with Crippen LogP contribution in [-0.2, 0) is 19.5 Å². The van der Waals surface area contributed by atoms with E-state index in [1.807, 2.05) is 25.1 Å². The first-order valence-electron chi connectivity index (χ1n) is 8.16. The second kappa shape index (κ2) is 6.13. The number of fused-ring (bicyclic) bond motifs is 1. The molecule has 0 fully saturated rings. The fourth-order valence-corrected chi connectivity index (χ4v) is 3.28. The number of aromatic amines is 2. The van der Waals surface area contributed by atoms with Crippen LogP contribution in [0.15, 0.2) is 30.3 Å². The number of aryl methyl sites for hydroxylation is 1. The summed E-state index contributed by atoms with van der Waals surface area (Å²) in [6, 6.07) is 10.2. The highest BCUT2D eigenvalue weighted by atomic mass is 16.5. The predicted octanol–water partition coefficient (Wildman–Crippen LogP) is 2.68. The maximum Gasteiger partial charge on any atom is 0.119 e. The van der Waals surface area contributed by atoms with E-state index in [0.29, 0.717) is 0 Å². The number of hydrogen-bond acceptors (Lipinski definition) is 4. The number of H-pyrrole nitrogens is 2. The summed E-state index contributed by atoms with van der Waals surface area (Å²) in [5.74, 6) is 0.851. The second-order valence-electron chi connectivity index (χ2n) is 6.26. The summed E-state index contributed by atoms with van der Waals surface area (Å²) in [6.07, 6.45) is 0.982. The van der Waals surface area contributed by atoms with E-state index in [9.17, 15) is 0 Å². The summed E-state index contributed by atoms with van der Waals surface area (Å²) in [4.78, 5) is 2.41. The molecule has 0 saturated heterocycles. The third-order valence-electron chi connectivity index (χ3n) is 4.50. The van der Waals surface area contributed by atoms with Crippen molar-refractivity contribution in [2.75, 3.05) is 13.7 Å². The van der Waals surface area contributed by atoms with E-state index in [1.165, 1.54) is 11.3 Å². The Balaban J connectivity index is 1.59. The fourth-order valence-electron chi connectivity index (χ4n) is 3.28. The summed E-state index contributed by atoms with van der Waals surface area (Å²) in [7, 11) is 1.69. The van der Waals surface area contributed by atoms with Crippen molar-refractivity contribution < 1.29 is 4.74 Å². The number of aromatic nitrogens is 4. The van der Waals surface area contributed by atoms with Crippen molar-refractivity contribution in [3.8, 4) is 17.0 Å². The van der Waals surface area contributed by atoms with Gasteiger partial charge in [0.25, 0.3) is 0 Å². The van der Waals surface area contributed by atoms with Crippen LogP contribution >= 0.6 is 0 Å². The summed E-state index contributed by atoms with van der Waals surface area (Å²) < 4.78 is 5.34. The van der Waals surface area contributed by atoms with Crippen LogP contribution in [0.25, 0.3) is 11.3 Å². The summed E-state index contributed by atoms with van der Waals surface area (Å²) in [5, 5.41) is 15.1. The maximum atomic E-state index is 5.34. The van der Waals surface area contributed by atoms with E-state index in [2.05, 4.69) is 37.4 Å². The number of methoxy groups -OCH3 is 1. The van der Waals surface area contributed by atoms with E-state index in [1.54, 1.807) is 7.11 Å². The number of benzene rings is 1. The summed E-state index contributed by atoms with van der Waals surface area (Å²) in [6.45, 7) is 4.78. The molecule has 3 aromatic rings. The molecule has 124 valence electrons. The van der Waals surface area contributed by atoms with Gasteiger partial charge in [0.1, 0.15) is 5.75 Å². The van der Waals surface area contributed by atoms with Crippen molar-refractivity contribution >= 4 is 0 Å². The Bertz CT molecular complexity index is 851. The SMILES string of the molecule is COc1cccc(-c2n[nH]c3c2CN(Cc2cc(C)[nH]n2)CC3)c1. The quantitative estimate of drug-likeness (QED) is 0.774. The van der Waals surface area contributed by atoms with E-state index in [0.717, 1.165) is 54.4 Å². The molecule has 0 bridgehead atoms. The maximum absolute atomic E-state index is 5.34. The number of ether oxygens (including phenoxy) is 1. The number of nitrogens with zero attached hydrogens (tertiary/aromatic N) is 3. The minimum absolute atomic E-state index is 0.851. The van der Waals surface area contributed by atoms with Crippen molar-refractivity contribution in [2.24, 2.45) is 0 Å². The van der Waals surface area contributed by atoms with Gasteiger partial charge >= 0.3 is 0 Å². The molecule has 1 aliphatic rings. The minimum Gasteiger partial charge on any atom is -0.497 e. The van der Waals surface area contributed by atoms with Crippen LogP contribution < -0.4 is 4.74 Å². The summed E-state index contributed by atoms with van der Waals surface area (Å²) in [5.41, 5.74) is 6.81. The van der Waals surface area contributed by atoms with Gasteiger partial charge in [-0.25, -0.2) is 0 Å². The predicted molar refractivity (Wildman–Crippen MR) is 91.7 cm³/mol. The zero-order valence-electron chi connectivity index (χ0n) is 14.0. The van der Waals surface area contributed by atoms with Gasteiger partial charge in [0.15, 0.2) is 0 Å². The first-order valence-corrected chi connectivity index (χ1v) is 8.16. The van der Waals surface area contributed by atoms with Gasteiger partial charge in [-0.3, -0.25) is 15.1 Å². The minimum atomic E-state index is 0.851. The smallest absolute Gasteiger partial charge is 0.119 e. The molecule has 1 aliphatic heterocycles. The first kappa shape index (κ1) is 15.0. The molecular formula is C18H21N5O. The molecule has 0 aliphatic carbocycles. The topological polar surface area (TPSA) is 69.8 Å². The van der Waals surface area contributed by atoms with Crippen LogP contribution in [-0.4, -0.2) is 38.9 Å². The van der Waals surface area contributed by atoms with Gasteiger partial charge in [0.2, 0.25) is 0 Å². The fraction of sp³-hybridized carbons (Fsp3) is 0.333. The normalized spacial score (nSPS) is 14.6.